The van der Waals surface area contributed by atoms with Crippen LogP contribution >= 0.6 is 0 Å². The van der Waals surface area contributed by atoms with Crippen LogP contribution in [0.1, 0.15) is 18.4 Å². The van der Waals surface area contributed by atoms with E-state index in [9.17, 15) is 14.8 Å². The Morgan fingerprint density at radius 3 is 2.88 bits per heavy atom. The zero-order valence-electron chi connectivity index (χ0n) is 12.6. The van der Waals surface area contributed by atoms with Crippen molar-refractivity contribution in [2.75, 3.05) is 6.61 Å². The predicted octanol–water partition coefficient (Wildman–Crippen LogP) is 2.31. The van der Waals surface area contributed by atoms with Crippen LogP contribution in [0.3, 0.4) is 0 Å². The van der Waals surface area contributed by atoms with Crippen molar-refractivity contribution in [3.05, 3.63) is 48.3 Å². The van der Waals surface area contributed by atoms with E-state index in [1.54, 1.807) is 22.8 Å². The molecule has 120 valence electrons. The molecule has 3 heterocycles. The number of ether oxygens (including phenoxy) is 1. The molecule has 4 rings (SSSR count). The van der Waals surface area contributed by atoms with Gasteiger partial charge in [0.15, 0.2) is 0 Å². The van der Waals surface area contributed by atoms with Crippen molar-refractivity contribution in [1.82, 2.24) is 14.6 Å². The second kappa shape index (κ2) is 5.28. The molecule has 0 amide bonds. The van der Waals surface area contributed by atoms with Crippen molar-refractivity contribution in [3.8, 4) is 22.9 Å². The molecule has 1 fully saturated rings. The maximum atomic E-state index is 13.1. The van der Waals surface area contributed by atoms with Gasteiger partial charge < -0.3 is 9.84 Å². The van der Waals surface area contributed by atoms with Gasteiger partial charge in [0.05, 0.1) is 29.1 Å². The Hall–Kier alpha value is -2.98. The number of fused-ring (bicyclic) bond motifs is 1. The molecule has 6 nitrogen and oxygen atoms in total. The molecule has 1 aliphatic carbocycles. The molecule has 0 spiro atoms. The summed E-state index contributed by atoms with van der Waals surface area (Å²) in [6.07, 6.45) is 5.97. The van der Waals surface area contributed by atoms with E-state index >= 15 is 0 Å². The molecule has 1 aliphatic rings. The third-order valence-corrected chi connectivity index (χ3v) is 4.08. The third-order valence-electron chi connectivity index (χ3n) is 4.08. The van der Waals surface area contributed by atoms with Crippen molar-refractivity contribution >= 4 is 5.52 Å². The second-order valence-electron chi connectivity index (χ2n) is 5.94. The lowest BCUT2D eigenvalue weighted by Crippen LogP contribution is -2.18. The Balaban J connectivity index is 1.82. The van der Waals surface area contributed by atoms with Crippen molar-refractivity contribution < 1.29 is 14.2 Å². The molecule has 1 N–H and O–H groups in total. The van der Waals surface area contributed by atoms with Crippen molar-refractivity contribution in [2.24, 2.45) is 0 Å². The Kier molecular flexibility index (Phi) is 3.22. The summed E-state index contributed by atoms with van der Waals surface area (Å²) in [4.78, 5) is 3.67. The normalized spacial score (nSPS) is 15.2. The molecule has 0 aromatic carbocycles. The number of hydrogen-bond acceptors (Lipinski definition) is 5. The summed E-state index contributed by atoms with van der Waals surface area (Å²) in [5.41, 5.74) is 1.57. The van der Waals surface area contributed by atoms with Gasteiger partial charge in [-0.15, -0.1) is 0 Å². The first kappa shape index (κ1) is 14.6. The summed E-state index contributed by atoms with van der Waals surface area (Å²) in [5, 5.41) is 23.4. The third kappa shape index (κ3) is 2.57. The van der Waals surface area contributed by atoms with E-state index in [4.69, 9.17) is 4.74 Å². The van der Waals surface area contributed by atoms with E-state index in [-0.39, 0.29) is 6.61 Å². The number of nitrogens with zero attached hydrogens (tertiary/aromatic N) is 4. The number of hydrogen-bond donors (Lipinski definition) is 1. The van der Waals surface area contributed by atoms with Crippen molar-refractivity contribution in [2.45, 2.75) is 18.4 Å². The first-order valence-corrected chi connectivity index (χ1v) is 7.47. The molecular weight excluding hydrogens is 311 g/mol. The van der Waals surface area contributed by atoms with E-state index in [1.807, 2.05) is 0 Å². The molecule has 0 bridgehead atoms. The van der Waals surface area contributed by atoms with Crippen LogP contribution in [-0.4, -0.2) is 31.9 Å². The van der Waals surface area contributed by atoms with Gasteiger partial charge in [0.2, 0.25) is 5.95 Å². The highest BCUT2D eigenvalue weighted by Gasteiger charge is 2.41. The summed E-state index contributed by atoms with van der Waals surface area (Å²) in [6, 6.07) is 6.69. The SMILES string of the molecule is N#Cc1cnn2cc(OCC3(O)CC3)cc(-c3ccc(F)nc3)c12. The van der Waals surface area contributed by atoms with Crippen LogP contribution < -0.4 is 4.74 Å². The van der Waals surface area contributed by atoms with Crippen molar-refractivity contribution in [1.29, 1.82) is 5.26 Å². The van der Waals surface area contributed by atoms with Crippen LogP contribution in [-0.2, 0) is 0 Å². The quantitative estimate of drug-likeness (QED) is 0.745. The maximum Gasteiger partial charge on any atom is 0.212 e. The maximum absolute atomic E-state index is 13.1. The Morgan fingerprint density at radius 1 is 1.38 bits per heavy atom. The predicted molar refractivity (Wildman–Crippen MR) is 82.8 cm³/mol. The minimum absolute atomic E-state index is 0.200. The summed E-state index contributed by atoms with van der Waals surface area (Å²) in [6.45, 7) is 0.200. The smallest absolute Gasteiger partial charge is 0.212 e. The van der Waals surface area contributed by atoms with Crippen molar-refractivity contribution in [3.63, 3.8) is 0 Å². The summed E-state index contributed by atoms with van der Waals surface area (Å²) in [7, 11) is 0. The van der Waals surface area contributed by atoms with Gasteiger partial charge in [0.25, 0.3) is 0 Å². The first-order chi connectivity index (χ1) is 11.6. The van der Waals surface area contributed by atoms with E-state index in [0.717, 1.165) is 12.8 Å². The fourth-order valence-electron chi connectivity index (χ4n) is 2.52. The number of halogens is 1. The van der Waals surface area contributed by atoms with Crippen LogP contribution in [0.2, 0.25) is 0 Å². The number of rotatable bonds is 4. The molecule has 0 unspecified atom stereocenters. The average Bonchev–Trinajstić information content (AvgIpc) is 3.18. The fraction of sp³-hybridized carbons (Fsp3) is 0.235. The minimum atomic E-state index is -0.742. The van der Waals surface area contributed by atoms with Gasteiger partial charge in [-0.05, 0) is 31.0 Å². The van der Waals surface area contributed by atoms with Gasteiger partial charge >= 0.3 is 0 Å². The van der Waals surface area contributed by atoms with Crippen LogP contribution in [0.5, 0.6) is 5.75 Å². The molecule has 0 saturated heterocycles. The lowest BCUT2D eigenvalue weighted by Gasteiger charge is -2.13. The van der Waals surface area contributed by atoms with E-state index in [0.29, 0.717) is 28.0 Å². The highest BCUT2D eigenvalue weighted by atomic mass is 19.1. The lowest BCUT2D eigenvalue weighted by molar-refractivity contribution is 0.0854. The molecule has 1 saturated carbocycles. The summed E-state index contributed by atoms with van der Waals surface area (Å²) >= 11 is 0. The van der Waals surface area contributed by atoms with Gasteiger partial charge in [-0.1, -0.05) is 0 Å². The monoisotopic (exact) mass is 324 g/mol. The number of nitriles is 1. The fourth-order valence-corrected chi connectivity index (χ4v) is 2.52. The minimum Gasteiger partial charge on any atom is -0.489 e. The molecule has 3 aromatic heterocycles. The summed E-state index contributed by atoms with van der Waals surface area (Å²) in [5.74, 6) is -0.0677. The van der Waals surface area contributed by atoms with E-state index in [1.165, 1.54) is 18.5 Å². The Morgan fingerprint density at radius 2 is 2.21 bits per heavy atom. The van der Waals surface area contributed by atoms with Gasteiger partial charge in [0.1, 0.15) is 18.4 Å². The average molecular weight is 324 g/mol. The molecular formula is C17H13FN4O2. The first-order valence-electron chi connectivity index (χ1n) is 7.47. The molecule has 7 heteroatoms. The van der Waals surface area contributed by atoms with E-state index < -0.39 is 11.5 Å². The zero-order chi connectivity index (χ0) is 16.7. The topological polar surface area (TPSA) is 83.4 Å². The van der Waals surface area contributed by atoms with Crippen LogP contribution in [0.25, 0.3) is 16.6 Å². The van der Waals surface area contributed by atoms with Crippen LogP contribution in [0.4, 0.5) is 4.39 Å². The molecule has 0 aliphatic heterocycles. The molecule has 24 heavy (non-hydrogen) atoms. The molecule has 0 radical (unpaired) electrons. The standard InChI is InChI=1S/C17H13FN4O2/c18-15-2-1-11(7-20-15)14-5-13(24-10-17(23)3-4-17)9-22-16(14)12(6-19)8-21-22/h1-2,5,7-9,23H,3-4,10H2. The van der Waals surface area contributed by atoms with E-state index in [2.05, 4.69) is 16.2 Å². The van der Waals surface area contributed by atoms with Gasteiger partial charge in [-0.3, -0.25) is 0 Å². The number of aliphatic hydroxyl groups is 1. The largest absolute Gasteiger partial charge is 0.489 e. The highest BCUT2D eigenvalue weighted by Crippen LogP contribution is 2.36. The summed E-state index contributed by atoms with van der Waals surface area (Å²) < 4.78 is 20.3. The lowest BCUT2D eigenvalue weighted by atomic mass is 10.1. The van der Waals surface area contributed by atoms with Gasteiger partial charge in [-0.25, -0.2) is 9.50 Å². The number of pyridine rings is 2. The van der Waals surface area contributed by atoms with Gasteiger partial charge in [0, 0.05) is 17.3 Å². The highest BCUT2D eigenvalue weighted by molar-refractivity contribution is 5.84. The Labute approximate surface area is 136 Å². The Bertz CT molecular complexity index is 955. The zero-order valence-corrected chi connectivity index (χ0v) is 12.6. The van der Waals surface area contributed by atoms with Gasteiger partial charge in [-0.2, -0.15) is 14.8 Å². The van der Waals surface area contributed by atoms with Crippen LogP contribution in [0, 0.1) is 17.3 Å². The molecule has 0 atom stereocenters. The molecule has 3 aromatic rings. The second-order valence-corrected chi connectivity index (χ2v) is 5.94. The van der Waals surface area contributed by atoms with Crippen LogP contribution in [0.15, 0.2) is 36.8 Å². The number of aromatic nitrogens is 3.